The Morgan fingerprint density at radius 3 is 2.75 bits per heavy atom. The molecule has 0 saturated carbocycles. The van der Waals surface area contributed by atoms with Gasteiger partial charge in [0.2, 0.25) is 11.8 Å². The van der Waals surface area contributed by atoms with E-state index in [4.69, 9.17) is 5.73 Å². The van der Waals surface area contributed by atoms with Crippen LogP contribution in [-0.2, 0) is 20.8 Å². The highest BCUT2D eigenvalue weighted by Gasteiger charge is 2.54. The zero-order chi connectivity index (χ0) is 20.1. The first kappa shape index (κ1) is 19.1. The standard InChI is InChI=1S/C22H29N3O3/c1-22(2)12-14-10-15(26)11-17(23)21(28)25(14)19(22)20(27)24-18-9-5-7-13-6-3-4-8-16(13)18/h3-4,6,8,14,17-19H,5,7,9-12,23H2,1-2H3,(H,24,27)/t14-,17-,18+,19?/m0/s1. The lowest BCUT2D eigenvalue weighted by molar-refractivity contribution is -0.143. The van der Waals surface area contributed by atoms with Gasteiger partial charge in [-0.1, -0.05) is 38.1 Å². The molecule has 2 heterocycles. The maximum absolute atomic E-state index is 13.4. The fourth-order valence-electron chi connectivity index (χ4n) is 5.39. The molecule has 1 aromatic carbocycles. The number of aryl methyl sites for hydroxylation is 1. The van der Waals surface area contributed by atoms with Crippen LogP contribution in [-0.4, -0.2) is 40.6 Å². The molecule has 1 aromatic rings. The molecule has 1 aliphatic carbocycles. The summed E-state index contributed by atoms with van der Waals surface area (Å²) < 4.78 is 0. The number of carbonyl (C=O) groups is 3. The Balaban J connectivity index is 1.61. The molecule has 4 atom stereocenters. The van der Waals surface area contributed by atoms with Gasteiger partial charge in [-0.15, -0.1) is 0 Å². The number of Topliss-reactive ketones (excluding diaryl/α,β-unsaturated/α-hetero) is 1. The average Bonchev–Trinajstić information content (AvgIpc) is 2.85. The molecule has 3 aliphatic rings. The fourth-order valence-corrected chi connectivity index (χ4v) is 5.39. The van der Waals surface area contributed by atoms with Crippen LogP contribution in [0.15, 0.2) is 24.3 Å². The first-order valence-corrected chi connectivity index (χ1v) is 10.3. The third-order valence-electron chi connectivity index (χ3n) is 6.59. The van der Waals surface area contributed by atoms with Crippen molar-refractivity contribution in [1.82, 2.24) is 10.2 Å². The number of carbonyl (C=O) groups excluding carboxylic acids is 3. The van der Waals surface area contributed by atoms with Gasteiger partial charge in [-0.25, -0.2) is 0 Å². The largest absolute Gasteiger partial charge is 0.347 e. The van der Waals surface area contributed by atoms with Crippen molar-refractivity contribution in [3.63, 3.8) is 0 Å². The summed E-state index contributed by atoms with van der Waals surface area (Å²) in [6, 6.07) is 6.50. The van der Waals surface area contributed by atoms with E-state index in [0.29, 0.717) is 12.8 Å². The molecular formula is C22H29N3O3. The van der Waals surface area contributed by atoms with Gasteiger partial charge in [-0.3, -0.25) is 14.4 Å². The lowest BCUT2D eigenvalue weighted by Crippen LogP contribution is -2.56. The van der Waals surface area contributed by atoms with Crippen LogP contribution in [0.25, 0.3) is 0 Å². The van der Waals surface area contributed by atoms with E-state index >= 15 is 0 Å². The van der Waals surface area contributed by atoms with Crippen molar-refractivity contribution in [3.05, 3.63) is 35.4 Å². The molecular weight excluding hydrogens is 354 g/mol. The Morgan fingerprint density at radius 1 is 1.21 bits per heavy atom. The number of benzene rings is 1. The first-order valence-electron chi connectivity index (χ1n) is 10.3. The Hall–Kier alpha value is -2.21. The van der Waals surface area contributed by atoms with Crippen molar-refractivity contribution in [1.29, 1.82) is 0 Å². The minimum Gasteiger partial charge on any atom is -0.347 e. The summed E-state index contributed by atoms with van der Waals surface area (Å²) in [5, 5.41) is 3.21. The molecule has 2 fully saturated rings. The second-order valence-corrected chi connectivity index (χ2v) is 9.20. The molecule has 0 radical (unpaired) electrons. The van der Waals surface area contributed by atoms with E-state index in [-0.39, 0.29) is 36.1 Å². The van der Waals surface area contributed by atoms with Gasteiger partial charge >= 0.3 is 0 Å². The highest BCUT2D eigenvalue weighted by Crippen LogP contribution is 2.43. The predicted molar refractivity (Wildman–Crippen MR) is 105 cm³/mol. The van der Waals surface area contributed by atoms with Crippen LogP contribution in [0.4, 0.5) is 0 Å². The second-order valence-electron chi connectivity index (χ2n) is 9.20. The fraction of sp³-hybridized carbons (Fsp3) is 0.591. The normalized spacial score (nSPS) is 31.8. The van der Waals surface area contributed by atoms with E-state index in [1.54, 1.807) is 4.90 Å². The highest BCUT2D eigenvalue weighted by molar-refractivity contribution is 5.96. The lowest BCUT2D eigenvalue weighted by Gasteiger charge is -2.35. The third-order valence-corrected chi connectivity index (χ3v) is 6.59. The Morgan fingerprint density at radius 2 is 1.96 bits per heavy atom. The number of nitrogens with zero attached hydrogens (tertiary/aromatic N) is 1. The molecule has 0 bridgehead atoms. The highest BCUT2D eigenvalue weighted by atomic mass is 16.2. The van der Waals surface area contributed by atoms with Crippen LogP contribution >= 0.6 is 0 Å². The Bertz CT molecular complexity index is 819. The van der Waals surface area contributed by atoms with Gasteiger partial charge in [-0.05, 0) is 42.2 Å². The van der Waals surface area contributed by atoms with E-state index in [1.165, 1.54) is 11.1 Å². The summed E-state index contributed by atoms with van der Waals surface area (Å²) in [6.07, 6.45) is 3.94. The zero-order valence-corrected chi connectivity index (χ0v) is 16.6. The maximum Gasteiger partial charge on any atom is 0.243 e. The van der Waals surface area contributed by atoms with Gasteiger partial charge in [0.1, 0.15) is 11.8 Å². The van der Waals surface area contributed by atoms with Gasteiger partial charge in [0.05, 0.1) is 12.1 Å². The lowest BCUT2D eigenvalue weighted by atomic mass is 9.81. The van der Waals surface area contributed by atoms with Gasteiger partial charge < -0.3 is 16.0 Å². The first-order chi connectivity index (χ1) is 13.3. The van der Waals surface area contributed by atoms with Crippen LogP contribution in [0.2, 0.25) is 0 Å². The molecule has 6 nitrogen and oxygen atoms in total. The number of fused-ring (bicyclic) bond motifs is 2. The molecule has 1 unspecified atom stereocenters. The van der Waals surface area contributed by atoms with Gasteiger partial charge in [-0.2, -0.15) is 0 Å². The van der Waals surface area contributed by atoms with Crippen molar-refractivity contribution >= 4 is 17.6 Å². The number of nitrogens with two attached hydrogens (primary N) is 1. The molecule has 3 N–H and O–H groups in total. The van der Waals surface area contributed by atoms with E-state index in [0.717, 1.165) is 19.3 Å². The summed E-state index contributed by atoms with van der Waals surface area (Å²) in [6.45, 7) is 4.01. The SMILES string of the molecule is CC1(C)C[C@@H]2CC(=O)C[C@H](N)C(=O)N2C1C(=O)N[C@@H]1CCCc2ccccc21. The van der Waals surface area contributed by atoms with Crippen molar-refractivity contribution in [3.8, 4) is 0 Å². The number of nitrogens with one attached hydrogen (secondary N) is 1. The van der Waals surface area contributed by atoms with Crippen LogP contribution < -0.4 is 11.1 Å². The van der Waals surface area contributed by atoms with E-state index in [9.17, 15) is 14.4 Å². The van der Waals surface area contributed by atoms with Gasteiger partial charge in [0, 0.05) is 18.9 Å². The number of rotatable bonds is 2. The predicted octanol–water partition coefficient (Wildman–Crippen LogP) is 1.87. The van der Waals surface area contributed by atoms with Crippen molar-refractivity contribution in [2.75, 3.05) is 0 Å². The Labute approximate surface area is 165 Å². The maximum atomic E-state index is 13.4. The molecule has 2 aliphatic heterocycles. The third kappa shape index (κ3) is 3.24. The molecule has 150 valence electrons. The van der Waals surface area contributed by atoms with E-state index < -0.39 is 17.5 Å². The Kier molecular flexibility index (Phi) is 4.78. The van der Waals surface area contributed by atoms with Crippen LogP contribution in [0, 0.1) is 5.41 Å². The number of hydrogen-bond acceptors (Lipinski definition) is 4. The summed E-state index contributed by atoms with van der Waals surface area (Å²) >= 11 is 0. The van der Waals surface area contributed by atoms with Crippen molar-refractivity contribution in [2.45, 2.75) is 76.5 Å². The summed E-state index contributed by atoms with van der Waals surface area (Å²) in [4.78, 5) is 40.1. The summed E-state index contributed by atoms with van der Waals surface area (Å²) in [7, 11) is 0. The van der Waals surface area contributed by atoms with E-state index in [1.807, 2.05) is 26.0 Å². The minimum absolute atomic E-state index is 0.00594. The number of hydrogen-bond donors (Lipinski definition) is 2. The molecule has 0 aromatic heterocycles. The zero-order valence-electron chi connectivity index (χ0n) is 16.6. The number of ketones is 1. The second kappa shape index (κ2) is 6.99. The molecule has 6 heteroatoms. The molecule has 2 saturated heterocycles. The quantitative estimate of drug-likeness (QED) is 0.815. The molecule has 28 heavy (non-hydrogen) atoms. The number of amides is 2. The van der Waals surface area contributed by atoms with Crippen molar-refractivity contribution < 1.29 is 14.4 Å². The van der Waals surface area contributed by atoms with Crippen LogP contribution in [0.1, 0.15) is 63.1 Å². The van der Waals surface area contributed by atoms with Gasteiger partial charge in [0.25, 0.3) is 0 Å². The van der Waals surface area contributed by atoms with Crippen LogP contribution in [0.3, 0.4) is 0 Å². The molecule has 4 rings (SSSR count). The average molecular weight is 383 g/mol. The van der Waals surface area contributed by atoms with Crippen LogP contribution in [0.5, 0.6) is 0 Å². The van der Waals surface area contributed by atoms with Gasteiger partial charge in [0.15, 0.2) is 0 Å². The van der Waals surface area contributed by atoms with Crippen molar-refractivity contribution in [2.24, 2.45) is 11.1 Å². The monoisotopic (exact) mass is 383 g/mol. The summed E-state index contributed by atoms with van der Waals surface area (Å²) in [5.74, 6) is -0.402. The summed E-state index contributed by atoms with van der Waals surface area (Å²) in [5.41, 5.74) is 8.02. The smallest absolute Gasteiger partial charge is 0.243 e. The minimum atomic E-state index is -0.850. The molecule has 2 amide bonds. The van der Waals surface area contributed by atoms with E-state index in [2.05, 4.69) is 17.4 Å². The topological polar surface area (TPSA) is 92.5 Å². The molecule has 0 spiro atoms.